The predicted molar refractivity (Wildman–Crippen MR) is 132 cm³/mol. The summed E-state index contributed by atoms with van der Waals surface area (Å²) in [6.45, 7) is 5.73. The first-order valence-electron chi connectivity index (χ1n) is 12.3. The zero-order valence-electron chi connectivity index (χ0n) is 19.4. The molecule has 2 aliphatic heterocycles. The van der Waals surface area contributed by atoms with Gasteiger partial charge in [-0.3, -0.25) is 14.5 Å². The monoisotopic (exact) mass is 466 g/mol. The van der Waals surface area contributed by atoms with Crippen molar-refractivity contribution < 1.29 is 9.59 Å². The molecule has 1 saturated carbocycles. The van der Waals surface area contributed by atoms with Gasteiger partial charge in [0.15, 0.2) is 0 Å². The quantitative estimate of drug-likeness (QED) is 0.710. The number of rotatable bonds is 6. The summed E-state index contributed by atoms with van der Waals surface area (Å²) in [5, 5.41) is 5.29. The van der Waals surface area contributed by atoms with Gasteiger partial charge in [0, 0.05) is 55.8 Å². The molecule has 0 unspecified atom stereocenters. The van der Waals surface area contributed by atoms with Crippen LogP contribution in [0.4, 0.5) is 0 Å². The van der Waals surface area contributed by atoms with Gasteiger partial charge >= 0.3 is 0 Å². The number of likely N-dealkylation sites (N-methyl/N-ethyl adjacent to an activating group) is 1. The van der Waals surface area contributed by atoms with Crippen LogP contribution in [0.2, 0.25) is 0 Å². The second-order valence-electron chi connectivity index (χ2n) is 9.61. The number of fused-ring (bicyclic) bond motifs is 1. The van der Waals surface area contributed by atoms with Gasteiger partial charge in [0.25, 0.3) is 5.91 Å². The first-order valence-corrected chi connectivity index (χ1v) is 13.1. The van der Waals surface area contributed by atoms with Gasteiger partial charge in [-0.1, -0.05) is 37.1 Å². The fourth-order valence-corrected chi connectivity index (χ4v) is 6.56. The van der Waals surface area contributed by atoms with E-state index < -0.39 is 0 Å². The summed E-state index contributed by atoms with van der Waals surface area (Å²) in [5.41, 5.74) is 1.56. The third-order valence-corrected chi connectivity index (χ3v) is 8.48. The summed E-state index contributed by atoms with van der Waals surface area (Å²) in [5.74, 6) is -0.270. The van der Waals surface area contributed by atoms with E-state index in [1.807, 2.05) is 30.3 Å². The average molecular weight is 467 g/mol. The zero-order chi connectivity index (χ0) is 22.8. The molecule has 0 spiro atoms. The van der Waals surface area contributed by atoms with Crippen LogP contribution >= 0.6 is 11.3 Å². The molecule has 33 heavy (non-hydrogen) atoms. The molecule has 3 heterocycles. The normalized spacial score (nSPS) is 24.8. The SMILES string of the molecule is CN1CCN(CCNC(=O)[C@H]2c3ccccc3C(=O)N(C3CCCC3)[C@@H]2c2cccs2)CC1. The third-order valence-electron chi connectivity index (χ3n) is 7.53. The molecule has 2 aromatic rings. The number of hydrogen-bond donors (Lipinski definition) is 1. The number of benzene rings is 1. The van der Waals surface area contributed by atoms with Crippen molar-refractivity contribution in [2.24, 2.45) is 0 Å². The number of nitrogens with zero attached hydrogens (tertiary/aromatic N) is 3. The molecule has 3 aliphatic rings. The van der Waals surface area contributed by atoms with Crippen LogP contribution in [-0.4, -0.2) is 78.9 Å². The molecule has 0 radical (unpaired) electrons. The molecule has 1 saturated heterocycles. The molecule has 1 aliphatic carbocycles. The minimum Gasteiger partial charge on any atom is -0.354 e. The van der Waals surface area contributed by atoms with Crippen LogP contribution in [0.25, 0.3) is 0 Å². The van der Waals surface area contributed by atoms with E-state index in [4.69, 9.17) is 0 Å². The van der Waals surface area contributed by atoms with Crippen molar-refractivity contribution in [3.63, 3.8) is 0 Å². The van der Waals surface area contributed by atoms with E-state index in [0.29, 0.717) is 12.1 Å². The van der Waals surface area contributed by atoms with E-state index in [1.54, 1.807) is 11.3 Å². The number of carbonyl (C=O) groups excluding carboxylic acids is 2. The Hall–Kier alpha value is -2.22. The Balaban J connectivity index is 1.42. The van der Waals surface area contributed by atoms with Crippen molar-refractivity contribution in [3.05, 3.63) is 57.8 Å². The number of nitrogens with one attached hydrogen (secondary N) is 1. The van der Waals surface area contributed by atoms with E-state index >= 15 is 0 Å². The van der Waals surface area contributed by atoms with Crippen LogP contribution in [0, 0.1) is 0 Å². The smallest absolute Gasteiger partial charge is 0.254 e. The minimum atomic E-state index is -0.384. The maximum atomic E-state index is 13.8. The highest BCUT2D eigenvalue weighted by atomic mass is 32.1. The Morgan fingerprint density at radius 3 is 2.55 bits per heavy atom. The van der Waals surface area contributed by atoms with Gasteiger partial charge in [-0.2, -0.15) is 0 Å². The molecule has 1 aromatic heterocycles. The number of hydrogen-bond acceptors (Lipinski definition) is 5. The summed E-state index contributed by atoms with van der Waals surface area (Å²) in [6.07, 6.45) is 4.34. The van der Waals surface area contributed by atoms with E-state index in [0.717, 1.165) is 68.8 Å². The zero-order valence-corrected chi connectivity index (χ0v) is 20.2. The number of carbonyl (C=O) groups is 2. The predicted octanol–water partition coefficient (Wildman–Crippen LogP) is 3.34. The lowest BCUT2D eigenvalue weighted by Crippen LogP contribution is -2.51. The van der Waals surface area contributed by atoms with Crippen LogP contribution in [0.1, 0.15) is 58.4 Å². The first kappa shape index (κ1) is 22.6. The molecule has 6 nitrogen and oxygen atoms in total. The first-order chi connectivity index (χ1) is 16.1. The van der Waals surface area contributed by atoms with Gasteiger partial charge in [0.05, 0.1) is 12.0 Å². The van der Waals surface area contributed by atoms with Crippen molar-refractivity contribution in [1.29, 1.82) is 0 Å². The highest BCUT2D eigenvalue weighted by molar-refractivity contribution is 7.10. The highest BCUT2D eigenvalue weighted by Gasteiger charge is 2.47. The lowest BCUT2D eigenvalue weighted by molar-refractivity contribution is -0.124. The molecule has 0 bridgehead atoms. The van der Waals surface area contributed by atoms with Crippen molar-refractivity contribution in [1.82, 2.24) is 20.0 Å². The van der Waals surface area contributed by atoms with Crippen LogP contribution in [0.15, 0.2) is 41.8 Å². The summed E-state index contributed by atoms with van der Waals surface area (Å²) in [6, 6.07) is 11.8. The van der Waals surface area contributed by atoms with Crippen LogP contribution in [0.5, 0.6) is 0 Å². The average Bonchev–Trinajstić information content (AvgIpc) is 3.55. The Kier molecular flexibility index (Phi) is 6.81. The van der Waals surface area contributed by atoms with Gasteiger partial charge in [-0.05, 0) is 43.0 Å². The molecule has 5 rings (SSSR count). The lowest BCUT2D eigenvalue weighted by atomic mass is 9.80. The molecule has 1 N–H and O–H groups in total. The molecular weight excluding hydrogens is 432 g/mol. The van der Waals surface area contributed by atoms with Crippen molar-refractivity contribution in [3.8, 4) is 0 Å². The van der Waals surface area contributed by atoms with Crippen LogP contribution in [0.3, 0.4) is 0 Å². The molecule has 176 valence electrons. The van der Waals surface area contributed by atoms with Gasteiger partial charge in [-0.15, -0.1) is 11.3 Å². The fourth-order valence-electron chi connectivity index (χ4n) is 5.70. The van der Waals surface area contributed by atoms with Crippen molar-refractivity contribution in [2.45, 2.75) is 43.7 Å². The van der Waals surface area contributed by atoms with Crippen LogP contribution in [-0.2, 0) is 4.79 Å². The van der Waals surface area contributed by atoms with Gasteiger partial charge < -0.3 is 15.1 Å². The Morgan fingerprint density at radius 1 is 1.06 bits per heavy atom. The molecule has 2 atom stereocenters. The van der Waals surface area contributed by atoms with Crippen molar-refractivity contribution in [2.75, 3.05) is 46.3 Å². The molecule has 7 heteroatoms. The summed E-state index contributed by atoms with van der Waals surface area (Å²) >= 11 is 1.65. The molecule has 2 amide bonds. The summed E-state index contributed by atoms with van der Waals surface area (Å²) in [4.78, 5) is 35.4. The second kappa shape index (κ2) is 9.95. The molecule has 1 aromatic carbocycles. The Labute approximate surface area is 200 Å². The number of piperazine rings is 1. The largest absolute Gasteiger partial charge is 0.354 e. The Morgan fingerprint density at radius 2 is 1.82 bits per heavy atom. The summed E-state index contributed by atoms with van der Waals surface area (Å²) < 4.78 is 0. The van der Waals surface area contributed by atoms with Gasteiger partial charge in [-0.25, -0.2) is 0 Å². The fraction of sp³-hybridized carbons (Fsp3) is 0.538. The molecular formula is C26H34N4O2S. The van der Waals surface area contributed by atoms with E-state index in [-0.39, 0.29) is 29.8 Å². The Bertz CT molecular complexity index is 964. The molecule has 2 fully saturated rings. The van der Waals surface area contributed by atoms with Crippen LogP contribution < -0.4 is 5.32 Å². The maximum absolute atomic E-state index is 13.8. The van der Waals surface area contributed by atoms with E-state index in [1.165, 1.54) is 0 Å². The minimum absolute atomic E-state index is 0.0328. The third kappa shape index (κ3) is 4.59. The second-order valence-corrected chi connectivity index (χ2v) is 10.6. The van der Waals surface area contributed by atoms with Gasteiger partial charge in [0.1, 0.15) is 0 Å². The van der Waals surface area contributed by atoms with E-state index in [9.17, 15) is 9.59 Å². The number of thiophene rings is 1. The standard InChI is InChI=1S/C26H34N4O2S/c1-28-14-16-29(17-15-28)13-12-27-25(31)23-20-9-4-5-10-21(20)26(32)30(19-7-2-3-8-19)24(23)22-11-6-18-33-22/h4-6,9-11,18-19,23-24H,2-3,7-8,12-17H2,1H3,(H,27,31)/t23-,24+/m0/s1. The number of amides is 2. The van der Waals surface area contributed by atoms with Gasteiger partial charge in [0.2, 0.25) is 5.91 Å². The lowest BCUT2D eigenvalue weighted by Gasteiger charge is -2.44. The van der Waals surface area contributed by atoms with E-state index in [2.05, 4.69) is 38.5 Å². The topological polar surface area (TPSA) is 55.9 Å². The van der Waals surface area contributed by atoms with Crippen molar-refractivity contribution >= 4 is 23.2 Å². The highest BCUT2D eigenvalue weighted by Crippen LogP contribution is 2.47. The maximum Gasteiger partial charge on any atom is 0.254 e. The summed E-state index contributed by atoms with van der Waals surface area (Å²) in [7, 11) is 2.15.